The molecule has 1 aliphatic rings. The van der Waals surface area contributed by atoms with Crippen molar-refractivity contribution in [3.8, 4) is 0 Å². The van der Waals surface area contributed by atoms with Crippen molar-refractivity contribution >= 4 is 32.0 Å². The normalized spacial score (nSPS) is 22.1. The smallest absolute Gasteiger partial charge is 0.320 e. The van der Waals surface area contributed by atoms with E-state index in [1.807, 2.05) is 6.08 Å². The van der Waals surface area contributed by atoms with Gasteiger partial charge in [0.05, 0.1) is 19.5 Å². The summed E-state index contributed by atoms with van der Waals surface area (Å²) in [5.74, 6) is -0.420. The molecular formula is C16H28O5SSi. The summed E-state index contributed by atoms with van der Waals surface area (Å²) in [6.45, 7) is 12.6. The highest BCUT2D eigenvalue weighted by molar-refractivity contribution is 8.00. The lowest BCUT2D eigenvalue weighted by Gasteiger charge is -2.40. The van der Waals surface area contributed by atoms with E-state index in [2.05, 4.69) is 33.9 Å². The second-order valence-electron chi connectivity index (χ2n) is 6.98. The van der Waals surface area contributed by atoms with Gasteiger partial charge in [0.25, 0.3) is 0 Å². The Morgan fingerprint density at radius 2 is 1.91 bits per heavy atom. The minimum atomic E-state index is -2.11. The van der Waals surface area contributed by atoms with E-state index in [1.54, 1.807) is 6.92 Å². The standard InChI is InChI=1S/C16H28O5SSi/c1-8-20-14(17)12-11(21-23(6,7)16(2,3)4)9-10-22-13(12)15(18)19-5/h9,12-13H,8,10H2,1-7H3/t12-,13+/m0/s1. The highest BCUT2D eigenvalue weighted by Gasteiger charge is 2.46. The molecule has 0 saturated heterocycles. The fourth-order valence-electron chi connectivity index (χ4n) is 1.95. The van der Waals surface area contributed by atoms with E-state index in [9.17, 15) is 9.59 Å². The molecule has 0 aromatic rings. The number of hydrogen-bond acceptors (Lipinski definition) is 6. The van der Waals surface area contributed by atoms with Crippen LogP contribution >= 0.6 is 11.8 Å². The molecule has 132 valence electrons. The summed E-state index contributed by atoms with van der Waals surface area (Å²) in [6.07, 6.45) is 1.90. The molecule has 5 nitrogen and oxygen atoms in total. The average molecular weight is 361 g/mol. The van der Waals surface area contributed by atoms with Crippen LogP contribution in [0.3, 0.4) is 0 Å². The Labute approximate surface area is 144 Å². The van der Waals surface area contributed by atoms with Crippen molar-refractivity contribution in [2.75, 3.05) is 19.5 Å². The van der Waals surface area contributed by atoms with Crippen LogP contribution in [0.5, 0.6) is 0 Å². The molecule has 0 aromatic heterocycles. The number of methoxy groups -OCH3 is 1. The van der Waals surface area contributed by atoms with Gasteiger partial charge in [0.1, 0.15) is 11.2 Å². The number of esters is 2. The zero-order valence-corrected chi connectivity index (χ0v) is 16.9. The van der Waals surface area contributed by atoms with Crippen molar-refractivity contribution in [1.82, 2.24) is 0 Å². The van der Waals surface area contributed by atoms with Crippen molar-refractivity contribution < 1.29 is 23.5 Å². The van der Waals surface area contributed by atoms with E-state index in [1.165, 1.54) is 18.9 Å². The monoisotopic (exact) mass is 360 g/mol. The Morgan fingerprint density at radius 3 is 2.39 bits per heavy atom. The van der Waals surface area contributed by atoms with Crippen molar-refractivity contribution in [1.29, 1.82) is 0 Å². The quantitative estimate of drug-likeness (QED) is 0.553. The summed E-state index contributed by atoms with van der Waals surface area (Å²) < 4.78 is 16.4. The van der Waals surface area contributed by atoms with Gasteiger partial charge in [0.15, 0.2) is 0 Å². The van der Waals surface area contributed by atoms with Gasteiger partial charge in [0.2, 0.25) is 8.32 Å². The van der Waals surface area contributed by atoms with Crippen LogP contribution in [-0.2, 0) is 23.5 Å². The van der Waals surface area contributed by atoms with Gasteiger partial charge in [-0.1, -0.05) is 20.8 Å². The molecule has 2 atom stereocenters. The molecule has 1 aliphatic heterocycles. The highest BCUT2D eigenvalue weighted by Crippen LogP contribution is 2.42. The molecule has 0 bridgehead atoms. The molecule has 1 rings (SSSR count). The summed E-state index contributed by atoms with van der Waals surface area (Å²) >= 11 is 1.38. The maximum atomic E-state index is 12.4. The second-order valence-corrected chi connectivity index (χ2v) is 12.9. The van der Waals surface area contributed by atoms with E-state index < -0.39 is 31.4 Å². The van der Waals surface area contributed by atoms with Crippen LogP contribution in [0.25, 0.3) is 0 Å². The first-order chi connectivity index (χ1) is 10.5. The van der Waals surface area contributed by atoms with E-state index >= 15 is 0 Å². The van der Waals surface area contributed by atoms with E-state index in [0.29, 0.717) is 11.5 Å². The number of carbonyl (C=O) groups excluding carboxylic acids is 2. The third-order valence-electron chi connectivity index (χ3n) is 4.32. The third-order valence-corrected chi connectivity index (χ3v) is 9.86. The lowest BCUT2D eigenvalue weighted by molar-refractivity contribution is -0.152. The highest BCUT2D eigenvalue weighted by atomic mass is 32.2. The number of thioether (sulfide) groups is 1. The molecular weight excluding hydrogens is 332 g/mol. The Hall–Kier alpha value is -0.953. The van der Waals surface area contributed by atoms with Crippen molar-refractivity contribution in [3.05, 3.63) is 11.8 Å². The molecule has 0 aliphatic carbocycles. The van der Waals surface area contributed by atoms with Gasteiger partial charge in [-0.15, -0.1) is 11.8 Å². The van der Waals surface area contributed by atoms with Crippen molar-refractivity contribution in [2.24, 2.45) is 5.92 Å². The lowest BCUT2D eigenvalue weighted by atomic mass is 10.0. The average Bonchev–Trinajstić information content (AvgIpc) is 2.44. The van der Waals surface area contributed by atoms with Crippen LogP contribution in [-0.4, -0.2) is 45.0 Å². The van der Waals surface area contributed by atoms with Gasteiger partial charge in [0, 0.05) is 5.75 Å². The Morgan fingerprint density at radius 1 is 1.30 bits per heavy atom. The summed E-state index contributed by atoms with van der Waals surface area (Å²) in [5, 5.41) is -0.623. The molecule has 0 N–H and O–H groups in total. The Kier molecular flexibility index (Phi) is 6.77. The minimum Gasteiger partial charge on any atom is -0.546 e. The van der Waals surface area contributed by atoms with Gasteiger partial charge < -0.3 is 13.9 Å². The van der Waals surface area contributed by atoms with Gasteiger partial charge in [-0.05, 0) is 31.1 Å². The van der Waals surface area contributed by atoms with E-state index in [-0.39, 0.29) is 11.6 Å². The Bertz CT molecular complexity index is 481. The predicted octanol–water partition coefficient (Wildman–Crippen LogP) is 3.36. The molecule has 0 amide bonds. The minimum absolute atomic E-state index is 0.00158. The molecule has 0 fully saturated rings. The molecule has 7 heteroatoms. The van der Waals surface area contributed by atoms with Gasteiger partial charge in [-0.25, -0.2) is 0 Å². The van der Waals surface area contributed by atoms with Gasteiger partial charge >= 0.3 is 11.9 Å². The summed E-state index contributed by atoms with van der Waals surface area (Å²) in [5.41, 5.74) is 0. The summed E-state index contributed by atoms with van der Waals surface area (Å²) in [6, 6.07) is 0. The number of hydrogen-bond donors (Lipinski definition) is 0. The van der Waals surface area contributed by atoms with Crippen LogP contribution < -0.4 is 0 Å². The fraction of sp³-hybridized carbons (Fsp3) is 0.750. The zero-order chi connectivity index (χ0) is 17.8. The SMILES string of the molecule is CCOC(=O)[C@H]1C(O[Si](C)(C)C(C)(C)C)=CCS[C@H]1C(=O)OC. The van der Waals surface area contributed by atoms with Crippen LogP contribution in [0.2, 0.25) is 18.1 Å². The summed E-state index contributed by atoms with van der Waals surface area (Å²) in [4.78, 5) is 24.5. The lowest BCUT2D eigenvalue weighted by Crippen LogP contribution is -2.45. The molecule has 23 heavy (non-hydrogen) atoms. The van der Waals surface area contributed by atoms with Crippen LogP contribution in [0.4, 0.5) is 0 Å². The first-order valence-corrected chi connectivity index (χ1v) is 11.8. The molecule has 0 radical (unpaired) electrons. The first-order valence-electron chi connectivity index (χ1n) is 7.80. The molecule has 0 spiro atoms. The number of rotatable bonds is 5. The Balaban J connectivity index is 3.14. The fourth-order valence-corrected chi connectivity index (χ4v) is 4.19. The largest absolute Gasteiger partial charge is 0.546 e. The molecule has 0 aromatic carbocycles. The van der Waals surface area contributed by atoms with Gasteiger partial charge in [-0.2, -0.15) is 0 Å². The van der Waals surface area contributed by atoms with Gasteiger partial charge in [-0.3, -0.25) is 9.59 Å². The van der Waals surface area contributed by atoms with Crippen LogP contribution in [0.1, 0.15) is 27.7 Å². The van der Waals surface area contributed by atoms with Crippen LogP contribution in [0.15, 0.2) is 11.8 Å². The van der Waals surface area contributed by atoms with E-state index in [0.717, 1.165) is 0 Å². The van der Waals surface area contributed by atoms with E-state index in [4.69, 9.17) is 13.9 Å². The second kappa shape index (κ2) is 7.74. The summed E-state index contributed by atoms with van der Waals surface area (Å²) in [7, 11) is -0.784. The maximum absolute atomic E-state index is 12.4. The maximum Gasteiger partial charge on any atom is 0.320 e. The molecule has 0 unspecified atom stereocenters. The first kappa shape index (κ1) is 20.1. The predicted molar refractivity (Wildman–Crippen MR) is 94.8 cm³/mol. The topological polar surface area (TPSA) is 61.8 Å². The number of ether oxygens (including phenoxy) is 2. The third kappa shape index (κ3) is 4.76. The van der Waals surface area contributed by atoms with Crippen LogP contribution in [0, 0.1) is 5.92 Å². The van der Waals surface area contributed by atoms with Crippen molar-refractivity contribution in [3.63, 3.8) is 0 Å². The molecule has 0 saturated carbocycles. The number of carbonyl (C=O) groups is 2. The van der Waals surface area contributed by atoms with Crippen molar-refractivity contribution in [2.45, 2.75) is 51.1 Å². The zero-order valence-electron chi connectivity index (χ0n) is 15.1. The molecule has 1 heterocycles.